The van der Waals surface area contributed by atoms with E-state index in [1.54, 1.807) is 31.2 Å². The molecule has 0 spiro atoms. The fraction of sp³-hybridized carbons (Fsp3) is 0.150. The molecule has 154 valence electrons. The SMILES string of the molecule is Cc1ccnc(NS(=O)(=O)c2ccc(NC(=O)[C@@H]3COc4ccccc4O3)cc2)n1. The lowest BCUT2D eigenvalue weighted by molar-refractivity contribution is -0.125. The molecule has 0 saturated carbocycles. The van der Waals surface area contributed by atoms with Crippen molar-refractivity contribution in [3.05, 3.63) is 66.5 Å². The minimum absolute atomic E-state index is 0.0109. The maximum atomic E-state index is 12.5. The average molecular weight is 426 g/mol. The molecule has 1 aliphatic rings. The second kappa shape index (κ2) is 7.99. The highest BCUT2D eigenvalue weighted by molar-refractivity contribution is 7.92. The Labute approximate surface area is 173 Å². The zero-order valence-electron chi connectivity index (χ0n) is 15.9. The van der Waals surface area contributed by atoms with Crippen molar-refractivity contribution in [1.82, 2.24) is 9.97 Å². The summed E-state index contributed by atoms with van der Waals surface area (Å²) >= 11 is 0. The van der Waals surface area contributed by atoms with Gasteiger partial charge in [-0.05, 0) is 49.4 Å². The number of aryl methyl sites for hydroxylation is 1. The van der Waals surface area contributed by atoms with E-state index in [0.717, 1.165) is 0 Å². The monoisotopic (exact) mass is 426 g/mol. The Morgan fingerprint density at radius 3 is 2.53 bits per heavy atom. The fourth-order valence-corrected chi connectivity index (χ4v) is 3.72. The van der Waals surface area contributed by atoms with Crippen LogP contribution < -0.4 is 19.5 Å². The first kappa shape index (κ1) is 19.6. The van der Waals surface area contributed by atoms with Gasteiger partial charge in [0.15, 0.2) is 11.5 Å². The average Bonchev–Trinajstić information content (AvgIpc) is 2.73. The smallest absolute Gasteiger partial charge is 0.269 e. The van der Waals surface area contributed by atoms with Crippen LogP contribution in [0.2, 0.25) is 0 Å². The molecule has 0 bridgehead atoms. The summed E-state index contributed by atoms with van der Waals surface area (Å²) < 4.78 is 38.5. The van der Waals surface area contributed by atoms with Gasteiger partial charge in [0, 0.05) is 17.6 Å². The van der Waals surface area contributed by atoms with Crippen molar-refractivity contribution in [3.8, 4) is 11.5 Å². The summed E-state index contributed by atoms with van der Waals surface area (Å²) in [5, 5.41) is 2.69. The van der Waals surface area contributed by atoms with Gasteiger partial charge in [-0.1, -0.05) is 12.1 Å². The Kier molecular flexibility index (Phi) is 5.23. The molecule has 0 radical (unpaired) electrons. The van der Waals surface area contributed by atoms with Crippen molar-refractivity contribution in [2.24, 2.45) is 0 Å². The van der Waals surface area contributed by atoms with Crippen molar-refractivity contribution in [1.29, 1.82) is 0 Å². The van der Waals surface area contributed by atoms with Crippen LogP contribution in [-0.4, -0.2) is 37.0 Å². The van der Waals surface area contributed by atoms with Gasteiger partial charge in [-0.25, -0.2) is 23.1 Å². The molecule has 1 atom stereocenters. The number of carbonyl (C=O) groups excluding carboxylic acids is 1. The molecule has 0 unspecified atom stereocenters. The van der Waals surface area contributed by atoms with Crippen LogP contribution in [0.1, 0.15) is 5.69 Å². The first-order valence-electron chi connectivity index (χ1n) is 9.03. The Morgan fingerprint density at radius 1 is 1.07 bits per heavy atom. The number of aromatic nitrogens is 2. The Balaban J connectivity index is 1.42. The van der Waals surface area contributed by atoms with E-state index in [1.807, 2.05) is 6.07 Å². The van der Waals surface area contributed by atoms with E-state index >= 15 is 0 Å². The van der Waals surface area contributed by atoms with E-state index in [9.17, 15) is 13.2 Å². The summed E-state index contributed by atoms with van der Waals surface area (Å²) in [7, 11) is -3.86. The molecule has 2 aromatic carbocycles. The molecule has 4 rings (SSSR count). The van der Waals surface area contributed by atoms with E-state index in [1.165, 1.54) is 30.5 Å². The molecule has 1 amide bonds. The van der Waals surface area contributed by atoms with Crippen LogP contribution in [0.25, 0.3) is 0 Å². The van der Waals surface area contributed by atoms with Crippen molar-refractivity contribution in [2.75, 3.05) is 16.6 Å². The number of ether oxygens (including phenoxy) is 2. The quantitative estimate of drug-likeness (QED) is 0.643. The van der Waals surface area contributed by atoms with E-state index in [2.05, 4.69) is 20.0 Å². The summed E-state index contributed by atoms with van der Waals surface area (Å²) in [5.41, 5.74) is 1.06. The van der Waals surface area contributed by atoms with Crippen molar-refractivity contribution < 1.29 is 22.7 Å². The number of rotatable bonds is 5. The molecule has 0 fully saturated rings. The number of sulfonamides is 1. The van der Waals surface area contributed by atoms with Crippen LogP contribution in [0.3, 0.4) is 0 Å². The van der Waals surface area contributed by atoms with Gasteiger partial charge in [-0.15, -0.1) is 0 Å². The molecule has 2 N–H and O–H groups in total. The van der Waals surface area contributed by atoms with E-state index in [0.29, 0.717) is 22.9 Å². The molecule has 30 heavy (non-hydrogen) atoms. The molecule has 10 heteroatoms. The third-order valence-electron chi connectivity index (χ3n) is 4.25. The zero-order valence-corrected chi connectivity index (χ0v) is 16.7. The van der Waals surface area contributed by atoms with Crippen LogP contribution in [0, 0.1) is 6.92 Å². The number of fused-ring (bicyclic) bond motifs is 1. The van der Waals surface area contributed by atoms with Gasteiger partial charge in [-0.2, -0.15) is 0 Å². The first-order valence-corrected chi connectivity index (χ1v) is 10.5. The summed E-state index contributed by atoms with van der Waals surface area (Å²) in [4.78, 5) is 20.4. The molecular weight excluding hydrogens is 408 g/mol. The highest BCUT2D eigenvalue weighted by atomic mass is 32.2. The van der Waals surface area contributed by atoms with Gasteiger partial charge in [0.05, 0.1) is 4.90 Å². The maximum Gasteiger partial charge on any atom is 0.269 e. The number of nitrogens with one attached hydrogen (secondary N) is 2. The minimum Gasteiger partial charge on any atom is -0.485 e. The third kappa shape index (κ3) is 4.33. The molecular formula is C20H18N4O5S. The zero-order chi connectivity index (χ0) is 21.1. The summed E-state index contributed by atoms with van der Waals surface area (Å²) in [6.45, 7) is 1.81. The Hall–Kier alpha value is -3.66. The summed E-state index contributed by atoms with van der Waals surface area (Å²) in [6.07, 6.45) is 0.650. The number of hydrogen-bond donors (Lipinski definition) is 2. The lowest BCUT2D eigenvalue weighted by Crippen LogP contribution is -2.40. The van der Waals surface area contributed by atoms with E-state index in [-0.39, 0.29) is 17.5 Å². The van der Waals surface area contributed by atoms with Crippen LogP contribution in [0.5, 0.6) is 11.5 Å². The predicted molar refractivity (Wildman–Crippen MR) is 109 cm³/mol. The van der Waals surface area contributed by atoms with E-state index in [4.69, 9.17) is 9.47 Å². The van der Waals surface area contributed by atoms with Gasteiger partial charge in [0.1, 0.15) is 6.61 Å². The molecule has 1 aliphatic heterocycles. The molecule has 0 saturated heterocycles. The molecule has 0 aliphatic carbocycles. The third-order valence-corrected chi connectivity index (χ3v) is 5.60. The second-order valence-electron chi connectivity index (χ2n) is 6.50. The highest BCUT2D eigenvalue weighted by Gasteiger charge is 2.27. The Bertz CT molecular complexity index is 1180. The minimum atomic E-state index is -3.86. The van der Waals surface area contributed by atoms with Gasteiger partial charge in [0.2, 0.25) is 12.1 Å². The number of anilines is 2. The number of benzene rings is 2. The van der Waals surface area contributed by atoms with Gasteiger partial charge in [0.25, 0.3) is 15.9 Å². The first-order chi connectivity index (χ1) is 14.4. The predicted octanol–water partition coefficient (Wildman–Crippen LogP) is 2.36. The molecule has 9 nitrogen and oxygen atoms in total. The van der Waals surface area contributed by atoms with Gasteiger partial charge in [-0.3, -0.25) is 4.79 Å². The second-order valence-corrected chi connectivity index (χ2v) is 8.19. The lowest BCUT2D eigenvalue weighted by Gasteiger charge is -2.25. The Morgan fingerprint density at radius 2 is 1.80 bits per heavy atom. The molecule has 2 heterocycles. The number of para-hydroxylation sites is 2. The van der Waals surface area contributed by atoms with Gasteiger partial charge >= 0.3 is 0 Å². The standard InChI is InChI=1S/C20H18N4O5S/c1-13-10-11-21-20(22-13)24-30(26,27)15-8-6-14(7-9-15)23-19(25)18-12-28-16-4-2-3-5-17(16)29-18/h2-11,18H,12H2,1H3,(H,23,25)(H,21,22,24)/t18-/m0/s1. The van der Waals surface area contributed by atoms with E-state index < -0.39 is 22.0 Å². The fourth-order valence-electron chi connectivity index (χ4n) is 2.77. The number of carbonyl (C=O) groups is 1. The van der Waals surface area contributed by atoms with Gasteiger partial charge < -0.3 is 14.8 Å². The van der Waals surface area contributed by atoms with Crippen LogP contribution in [0.4, 0.5) is 11.6 Å². The van der Waals surface area contributed by atoms with Crippen LogP contribution in [0.15, 0.2) is 65.7 Å². The summed E-state index contributed by atoms with van der Waals surface area (Å²) in [6, 6.07) is 14.5. The number of nitrogens with zero attached hydrogens (tertiary/aromatic N) is 2. The number of amides is 1. The maximum absolute atomic E-state index is 12.5. The largest absolute Gasteiger partial charge is 0.485 e. The molecule has 1 aromatic heterocycles. The highest BCUT2D eigenvalue weighted by Crippen LogP contribution is 2.31. The van der Waals surface area contributed by atoms with Crippen molar-refractivity contribution in [2.45, 2.75) is 17.9 Å². The normalized spacial score (nSPS) is 15.3. The lowest BCUT2D eigenvalue weighted by atomic mass is 10.2. The van der Waals surface area contributed by atoms with Crippen molar-refractivity contribution >= 4 is 27.6 Å². The van der Waals surface area contributed by atoms with Crippen LogP contribution in [-0.2, 0) is 14.8 Å². The topological polar surface area (TPSA) is 120 Å². The summed E-state index contributed by atoms with van der Waals surface area (Å²) in [5.74, 6) is 0.671. The van der Waals surface area contributed by atoms with Crippen molar-refractivity contribution in [3.63, 3.8) is 0 Å². The number of hydrogen-bond acceptors (Lipinski definition) is 7. The van der Waals surface area contributed by atoms with Crippen LogP contribution >= 0.6 is 0 Å². The molecule has 3 aromatic rings.